The van der Waals surface area contributed by atoms with E-state index >= 15 is 0 Å². The summed E-state index contributed by atoms with van der Waals surface area (Å²) in [4.78, 5) is 0. The van der Waals surface area contributed by atoms with Gasteiger partial charge in [-0.3, -0.25) is 0 Å². The molecule has 0 nitrogen and oxygen atoms in total. The molecule has 2 atom stereocenters. The lowest BCUT2D eigenvalue weighted by atomic mass is 9.76. The van der Waals surface area contributed by atoms with E-state index in [-0.39, 0.29) is 0 Å². The highest BCUT2D eigenvalue weighted by atomic mass is 14.3. The fourth-order valence-electron chi connectivity index (χ4n) is 2.52. The highest BCUT2D eigenvalue weighted by molar-refractivity contribution is 5.30. The molecule has 0 bridgehead atoms. The van der Waals surface area contributed by atoms with Gasteiger partial charge in [-0.05, 0) is 38.2 Å². The first-order valence-electron chi connectivity index (χ1n) is 6.05. The molecule has 0 aliphatic heterocycles. The maximum absolute atomic E-state index is 4.10. The van der Waals surface area contributed by atoms with E-state index in [0.717, 1.165) is 0 Å². The van der Waals surface area contributed by atoms with E-state index < -0.39 is 0 Å². The first-order chi connectivity index (χ1) is 7.68. The minimum Gasteiger partial charge on any atom is -0.0998 e. The summed E-state index contributed by atoms with van der Waals surface area (Å²) in [5.41, 5.74) is 4.29. The average molecular weight is 212 g/mol. The van der Waals surface area contributed by atoms with Gasteiger partial charge in [0.25, 0.3) is 0 Å². The molecule has 0 heteroatoms. The fourth-order valence-corrected chi connectivity index (χ4v) is 2.52. The fraction of sp³-hybridized carbons (Fsp3) is 0.375. The zero-order valence-electron chi connectivity index (χ0n) is 10.2. The molecule has 0 spiro atoms. The van der Waals surface area contributed by atoms with Crippen LogP contribution in [0.1, 0.15) is 38.2 Å². The van der Waals surface area contributed by atoms with Crippen molar-refractivity contribution in [2.75, 3.05) is 0 Å². The molecule has 1 aliphatic rings. The smallest absolute Gasteiger partial charge is 0.00511 e. The van der Waals surface area contributed by atoms with Crippen molar-refractivity contribution in [1.29, 1.82) is 0 Å². The molecular weight excluding hydrogens is 192 g/mol. The molecule has 1 aliphatic carbocycles. The molecule has 2 rings (SSSR count). The molecular formula is C16H20. The molecule has 0 fully saturated rings. The van der Waals surface area contributed by atoms with E-state index in [1.54, 1.807) is 0 Å². The second-order valence-electron chi connectivity index (χ2n) is 4.93. The van der Waals surface area contributed by atoms with Gasteiger partial charge in [-0.15, -0.1) is 0 Å². The second-order valence-corrected chi connectivity index (χ2v) is 4.93. The van der Waals surface area contributed by atoms with Crippen LogP contribution in [0.2, 0.25) is 0 Å². The maximum Gasteiger partial charge on any atom is 0.00511 e. The Morgan fingerprint density at radius 3 is 2.56 bits per heavy atom. The zero-order valence-corrected chi connectivity index (χ0v) is 10.2. The quantitative estimate of drug-likeness (QED) is 0.623. The summed E-state index contributed by atoms with van der Waals surface area (Å²) < 4.78 is 0. The van der Waals surface area contributed by atoms with Gasteiger partial charge in [-0.25, -0.2) is 0 Å². The standard InChI is InChI=1S/C16H20/c1-12(2)15-10-9-13(3)16(11-15)14-7-5-4-6-8-14/h4-9,15-16H,1,10-11H2,2-3H3/t15-,16+/m0/s1. The lowest BCUT2D eigenvalue weighted by Gasteiger charge is -2.29. The maximum atomic E-state index is 4.10. The molecule has 0 aromatic heterocycles. The van der Waals surface area contributed by atoms with Gasteiger partial charge in [0.05, 0.1) is 0 Å². The third-order valence-corrected chi connectivity index (χ3v) is 3.69. The van der Waals surface area contributed by atoms with Gasteiger partial charge in [0.15, 0.2) is 0 Å². The Hall–Kier alpha value is -1.30. The predicted octanol–water partition coefficient (Wildman–Crippen LogP) is 4.70. The second kappa shape index (κ2) is 4.69. The Morgan fingerprint density at radius 1 is 1.25 bits per heavy atom. The van der Waals surface area contributed by atoms with Crippen LogP contribution in [-0.2, 0) is 0 Å². The number of rotatable bonds is 2. The van der Waals surface area contributed by atoms with Crippen molar-refractivity contribution < 1.29 is 0 Å². The van der Waals surface area contributed by atoms with E-state index in [4.69, 9.17) is 0 Å². The number of hydrogen-bond acceptors (Lipinski definition) is 0. The Kier molecular flexibility index (Phi) is 3.28. The van der Waals surface area contributed by atoms with Crippen LogP contribution >= 0.6 is 0 Å². The topological polar surface area (TPSA) is 0 Å². The highest BCUT2D eigenvalue weighted by Crippen LogP contribution is 2.38. The largest absolute Gasteiger partial charge is 0.0998 e. The number of benzene rings is 1. The van der Waals surface area contributed by atoms with Crippen molar-refractivity contribution in [1.82, 2.24) is 0 Å². The van der Waals surface area contributed by atoms with Crippen LogP contribution < -0.4 is 0 Å². The van der Waals surface area contributed by atoms with Crippen LogP contribution in [0.15, 0.2) is 54.1 Å². The normalized spacial score (nSPS) is 25.0. The van der Waals surface area contributed by atoms with E-state index in [1.807, 2.05) is 0 Å². The lowest BCUT2D eigenvalue weighted by molar-refractivity contribution is 0.496. The van der Waals surface area contributed by atoms with Crippen molar-refractivity contribution >= 4 is 0 Å². The monoisotopic (exact) mass is 212 g/mol. The molecule has 0 amide bonds. The molecule has 1 aromatic carbocycles. The number of hydrogen-bond donors (Lipinski definition) is 0. The van der Waals surface area contributed by atoms with Crippen LogP contribution in [0.5, 0.6) is 0 Å². The molecule has 16 heavy (non-hydrogen) atoms. The third-order valence-electron chi connectivity index (χ3n) is 3.69. The molecule has 1 aromatic rings. The SMILES string of the molecule is C=C(C)[C@H]1CC=C(C)[C@H](c2ccccc2)C1. The van der Waals surface area contributed by atoms with Gasteiger partial charge < -0.3 is 0 Å². The van der Waals surface area contributed by atoms with Crippen LogP contribution in [0.4, 0.5) is 0 Å². The van der Waals surface area contributed by atoms with Gasteiger partial charge in [0, 0.05) is 5.92 Å². The summed E-state index contributed by atoms with van der Waals surface area (Å²) in [6.07, 6.45) is 4.78. The Labute approximate surface area is 98.7 Å². The van der Waals surface area contributed by atoms with Gasteiger partial charge in [-0.1, -0.05) is 54.1 Å². The van der Waals surface area contributed by atoms with E-state index in [9.17, 15) is 0 Å². The first kappa shape index (κ1) is 11.2. The van der Waals surface area contributed by atoms with Gasteiger partial charge >= 0.3 is 0 Å². The molecule has 84 valence electrons. The van der Waals surface area contributed by atoms with Crippen molar-refractivity contribution in [3.8, 4) is 0 Å². The van der Waals surface area contributed by atoms with Crippen molar-refractivity contribution in [3.63, 3.8) is 0 Å². The Morgan fingerprint density at radius 2 is 1.94 bits per heavy atom. The summed E-state index contributed by atoms with van der Waals surface area (Å²) in [6.45, 7) is 8.51. The summed E-state index contributed by atoms with van der Waals surface area (Å²) in [5.74, 6) is 1.26. The zero-order chi connectivity index (χ0) is 11.5. The summed E-state index contributed by atoms with van der Waals surface area (Å²) in [7, 11) is 0. The van der Waals surface area contributed by atoms with Gasteiger partial charge in [-0.2, -0.15) is 0 Å². The first-order valence-corrected chi connectivity index (χ1v) is 6.05. The molecule has 0 radical (unpaired) electrons. The van der Waals surface area contributed by atoms with E-state index in [2.05, 4.69) is 56.8 Å². The molecule has 0 saturated carbocycles. The number of allylic oxidation sites excluding steroid dienone is 3. The van der Waals surface area contributed by atoms with Crippen LogP contribution in [-0.4, -0.2) is 0 Å². The van der Waals surface area contributed by atoms with Crippen LogP contribution in [0, 0.1) is 5.92 Å². The molecule has 0 unspecified atom stereocenters. The third kappa shape index (κ3) is 2.27. The predicted molar refractivity (Wildman–Crippen MR) is 70.5 cm³/mol. The Bertz CT molecular complexity index is 397. The molecule has 0 heterocycles. The minimum atomic E-state index is 0.594. The van der Waals surface area contributed by atoms with Crippen molar-refractivity contribution in [3.05, 3.63) is 59.7 Å². The van der Waals surface area contributed by atoms with Crippen molar-refractivity contribution in [2.45, 2.75) is 32.6 Å². The van der Waals surface area contributed by atoms with Gasteiger partial charge in [0.1, 0.15) is 0 Å². The summed E-state index contributed by atoms with van der Waals surface area (Å²) in [6, 6.07) is 10.8. The van der Waals surface area contributed by atoms with Crippen LogP contribution in [0.3, 0.4) is 0 Å². The highest BCUT2D eigenvalue weighted by Gasteiger charge is 2.23. The minimum absolute atomic E-state index is 0.594. The Balaban J connectivity index is 2.24. The summed E-state index contributed by atoms with van der Waals surface area (Å²) in [5, 5.41) is 0. The summed E-state index contributed by atoms with van der Waals surface area (Å²) >= 11 is 0. The molecule has 0 saturated heterocycles. The van der Waals surface area contributed by atoms with Crippen molar-refractivity contribution in [2.24, 2.45) is 5.92 Å². The lowest BCUT2D eigenvalue weighted by Crippen LogP contribution is -2.14. The molecule has 0 N–H and O–H groups in total. The van der Waals surface area contributed by atoms with Gasteiger partial charge in [0.2, 0.25) is 0 Å². The van der Waals surface area contributed by atoms with E-state index in [0.29, 0.717) is 11.8 Å². The van der Waals surface area contributed by atoms with E-state index in [1.165, 1.54) is 29.6 Å². The average Bonchev–Trinajstić information content (AvgIpc) is 2.30. The van der Waals surface area contributed by atoms with Crippen LogP contribution in [0.25, 0.3) is 0 Å².